The summed E-state index contributed by atoms with van der Waals surface area (Å²) in [7, 11) is 0. The number of carbonyl (C=O) groups excluding carboxylic acids is 2. The summed E-state index contributed by atoms with van der Waals surface area (Å²) >= 11 is 0. The Morgan fingerprint density at radius 2 is 2.00 bits per heavy atom. The molecule has 0 spiro atoms. The summed E-state index contributed by atoms with van der Waals surface area (Å²) in [5.74, 6) is 0.577. The first-order chi connectivity index (χ1) is 12.1. The summed E-state index contributed by atoms with van der Waals surface area (Å²) in [6, 6.07) is 3.77. The van der Waals surface area contributed by atoms with Crippen LogP contribution in [0.2, 0.25) is 0 Å². The second-order valence-electron chi connectivity index (χ2n) is 6.22. The largest absolute Gasteiger partial charge is 0.367 e. The molecule has 25 heavy (non-hydrogen) atoms. The van der Waals surface area contributed by atoms with Gasteiger partial charge in [-0.15, -0.1) is 0 Å². The van der Waals surface area contributed by atoms with Crippen molar-refractivity contribution >= 4 is 29.5 Å². The molecule has 1 fully saturated rings. The fraction of sp³-hybridized carbons (Fsp3) is 0.444. The number of pyridine rings is 1. The number of piperazine rings is 1. The molecule has 1 aromatic heterocycles. The van der Waals surface area contributed by atoms with Gasteiger partial charge in [-0.1, -0.05) is 6.08 Å². The molecule has 1 N–H and O–H groups in total. The highest BCUT2D eigenvalue weighted by molar-refractivity contribution is 5.96. The van der Waals surface area contributed by atoms with E-state index in [1.807, 2.05) is 23.1 Å². The normalized spacial score (nSPS) is 17.2. The SMILES string of the molecule is CC(=O)N1CCN(c2ccc(NC(=O)CC3=CCCN=C3)nc2)CC1. The van der Waals surface area contributed by atoms with E-state index in [-0.39, 0.29) is 11.8 Å². The number of dihydropyridines is 1. The Morgan fingerprint density at radius 3 is 2.60 bits per heavy atom. The van der Waals surface area contributed by atoms with Crippen LogP contribution in [0.25, 0.3) is 0 Å². The van der Waals surface area contributed by atoms with Crippen molar-refractivity contribution in [2.75, 3.05) is 42.9 Å². The molecule has 0 saturated carbocycles. The van der Waals surface area contributed by atoms with Gasteiger partial charge in [0.15, 0.2) is 0 Å². The van der Waals surface area contributed by atoms with E-state index in [0.29, 0.717) is 12.2 Å². The number of nitrogens with one attached hydrogen (secondary N) is 1. The topological polar surface area (TPSA) is 77.9 Å². The van der Waals surface area contributed by atoms with Gasteiger partial charge in [0, 0.05) is 45.9 Å². The van der Waals surface area contributed by atoms with Crippen molar-refractivity contribution in [3.63, 3.8) is 0 Å². The molecule has 0 unspecified atom stereocenters. The minimum Gasteiger partial charge on any atom is -0.367 e. The fourth-order valence-corrected chi connectivity index (χ4v) is 2.98. The van der Waals surface area contributed by atoms with Gasteiger partial charge in [0.2, 0.25) is 11.8 Å². The summed E-state index contributed by atoms with van der Waals surface area (Å²) in [6.07, 6.45) is 6.79. The van der Waals surface area contributed by atoms with E-state index in [9.17, 15) is 9.59 Å². The number of nitrogens with zero attached hydrogens (tertiary/aromatic N) is 4. The highest BCUT2D eigenvalue weighted by Crippen LogP contribution is 2.17. The maximum atomic E-state index is 12.1. The summed E-state index contributed by atoms with van der Waals surface area (Å²) in [6.45, 7) is 5.44. The molecule has 3 rings (SSSR count). The fourth-order valence-electron chi connectivity index (χ4n) is 2.98. The first-order valence-corrected chi connectivity index (χ1v) is 8.57. The van der Waals surface area contributed by atoms with Crippen LogP contribution in [0.1, 0.15) is 19.8 Å². The maximum Gasteiger partial charge on any atom is 0.229 e. The molecule has 1 saturated heterocycles. The average molecular weight is 341 g/mol. The van der Waals surface area contributed by atoms with E-state index in [1.165, 1.54) is 0 Å². The molecule has 3 heterocycles. The number of aromatic nitrogens is 1. The van der Waals surface area contributed by atoms with Crippen molar-refractivity contribution in [1.82, 2.24) is 9.88 Å². The molecular formula is C18H23N5O2. The van der Waals surface area contributed by atoms with E-state index in [0.717, 1.165) is 50.4 Å². The predicted octanol–water partition coefficient (Wildman–Crippen LogP) is 1.48. The van der Waals surface area contributed by atoms with E-state index >= 15 is 0 Å². The molecule has 2 aliphatic heterocycles. The third-order valence-electron chi connectivity index (χ3n) is 4.39. The van der Waals surface area contributed by atoms with Crippen LogP contribution in [-0.2, 0) is 9.59 Å². The monoisotopic (exact) mass is 341 g/mol. The Kier molecular flexibility index (Phi) is 5.42. The lowest BCUT2D eigenvalue weighted by Crippen LogP contribution is -2.48. The van der Waals surface area contributed by atoms with Crippen molar-refractivity contribution in [3.8, 4) is 0 Å². The van der Waals surface area contributed by atoms with Crippen molar-refractivity contribution < 1.29 is 9.59 Å². The van der Waals surface area contributed by atoms with E-state index in [2.05, 4.69) is 20.2 Å². The summed E-state index contributed by atoms with van der Waals surface area (Å²) in [4.78, 5) is 36.0. The third-order valence-corrected chi connectivity index (χ3v) is 4.39. The Morgan fingerprint density at radius 1 is 1.20 bits per heavy atom. The molecular weight excluding hydrogens is 318 g/mol. The molecule has 2 aliphatic rings. The number of carbonyl (C=O) groups is 2. The zero-order valence-electron chi connectivity index (χ0n) is 14.4. The number of hydrogen-bond acceptors (Lipinski definition) is 5. The zero-order chi connectivity index (χ0) is 17.6. The Hall–Kier alpha value is -2.70. The van der Waals surface area contributed by atoms with E-state index in [4.69, 9.17) is 0 Å². The van der Waals surface area contributed by atoms with E-state index in [1.54, 1.807) is 19.3 Å². The third kappa shape index (κ3) is 4.65. The van der Waals surface area contributed by atoms with Crippen LogP contribution < -0.4 is 10.2 Å². The van der Waals surface area contributed by atoms with Crippen LogP contribution in [0.4, 0.5) is 11.5 Å². The van der Waals surface area contributed by atoms with E-state index < -0.39 is 0 Å². The van der Waals surface area contributed by atoms with Gasteiger partial charge in [0.05, 0.1) is 18.3 Å². The van der Waals surface area contributed by atoms with Crippen LogP contribution in [0.15, 0.2) is 35.0 Å². The lowest BCUT2D eigenvalue weighted by molar-refractivity contribution is -0.129. The van der Waals surface area contributed by atoms with Crippen molar-refractivity contribution in [2.24, 2.45) is 4.99 Å². The molecule has 7 heteroatoms. The molecule has 0 bridgehead atoms. The first kappa shape index (κ1) is 17.1. The van der Waals surface area contributed by atoms with Gasteiger partial charge in [-0.3, -0.25) is 14.6 Å². The standard InChI is InChI=1S/C18H23N5O2/c1-14(24)22-7-9-23(10-8-22)16-4-5-17(20-13-16)21-18(25)11-15-3-2-6-19-12-15/h3-5,12-13H,2,6-11H2,1H3,(H,20,21,25). The number of rotatable bonds is 4. The van der Waals surface area contributed by atoms with Crippen molar-refractivity contribution in [3.05, 3.63) is 30.0 Å². The van der Waals surface area contributed by atoms with Crippen LogP contribution in [0.3, 0.4) is 0 Å². The van der Waals surface area contributed by atoms with Crippen LogP contribution in [-0.4, -0.2) is 60.6 Å². The minimum atomic E-state index is -0.0880. The minimum absolute atomic E-state index is 0.0880. The lowest BCUT2D eigenvalue weighted by atomic mass is 10.1. The summed E-state index contributed by atoms with van der Waals surface area (Å²) in [5.41, 5.74) is 1.95. The molecule has 1 aromatic rings. The second kappa shape index (κ2) is 7.92. The number of anilines is 2. The molecule has 7 nitrogen and oxygen atoms in total. The smallest absolute Gasteiger partial charge is 0.229 e. The van der Waals surface area contributed by atoms with Gasteiger partial charge < -0.3 is 15.1 Å². The van der Waals surface area contributed by atoms with Crippen LogP contribution >= 0.6 is 0 Å². The Bertz CT molecular complexity index is 688. The van der Waals surface area contributed by atoms with Gasteiger partial charge in [0.25, 0.3) is 0 Å². The zero-order valence-corrected chi connectivity index (χ0v) is 14.4. The van der Waals surface area contributed by atoms with Crippen LogP contribution in [0.5, 0.6) is 0 Å². The number of amides is 2. The average Bonchev–Trinajstić information content (AvgIpc) is 2.63. The molecule has 0 aromatic carbocycles. The van der Waals surface area contributed by atoms with Gasteiger partial charge in [0.1, 0.15) is 5.82 Å². The molecule has 0 atom stereocenters. The molecule has 0 radical (unpaired) electrons. The van der Waals surface area contributed by atoms with Gasteiger partial charge >= 0.3 is 0 Å². The van der Waals surface area contributed by atoms with Gasteiger partial charge in [-0.2, -0.15) is 0 Å². The predicted molar refractivity (Wildman–Crippen MR) is 98.0 cm³/mol. The number of aliphatic imine (C=N–C) groups is 1. The van der Waals surface area contributed by atoms with Crippen molar-refractivity contribution in [2.45, 2.75) is 19.8 Å². The Labute approximate surface area is 147 Å². The lowest BCUT2D eigenvalue weighted by Gasteiger charge is -2.35. The molecule has 132 valence electrons. The summed E-state index contributed by atoms with van der Waals surface area (Å²) < 4.78 is 0. The van der Waals surface area contributed by atoms with Gasteiger partial charge in [-0.25, -0.2) is 4.98 Å². The summed E-state index contributed by atoms with van der Waals surface area (Å²) in [5, 5.41) is 2.82. The molecule has 2 amide bonds. The quantitative estimate of drug-likeness (QED) is 0.900. The highest BCUT2D eigenvalue weighted by Gasteiger charge is 2.19. The first-order valence-electron chi connectivity index (χ1n) is 8.57. The number of hydrogen-bond donors (Lipinski definition) is 1. The van der Waals surface area contributed by atoms with Gasteiger partial charge in [-0.05, 0) is 24.1 Å². The maximum absolute atomic E-state index is 12.1. The molecule has 0 aliphatic carbocycles. The van der Waals surface area contributed by atoms with Crippen molar-refractivity contribution in [1.29, 1.82) is 0 Å². The second-order valence-corrected chi connectivity index (χ2v) is 6.22. The Balaban J connectivity index is 1.52. The van der Waals surface area contributed by atoms with Crippen LogP contribution in [0, 0.1) is 0 Å². The highest BCUT2D eigenvalue weighted by atomic mass is 16.2.